The van der Waals surface area contributed by atoms with Crippen molar-refractivity contribution in [3.63, 3.8) is 0 Å². The van der Waals surface area contributed by atoms with E-state index in [1.54, 1.807) is 17.0 Å². The molecule has 9 nitrogen and oxygen atoms in total. The molecule has 1 fully saturated rings. The third-order valence-corrected chi connectivity index (χ3v) is 3.70. The van der Waals surface area contributed by atoms with E-state index in [2.05, 4.69) is 5.32 Å². The van der Waals surface area contributed by atoms with Crippen molar-refractivity contribution in [3.8, 4) is 0 Å². The SMILES string of the molecule is CC(NC(=O)N1CCN(c2ccc([N+](=O)[O-])cc2)CC1)C(=O)O. The van der Waals surface area contributed by atoms with Crippen LogP contribution in [0.3, 0.4) is 0 Å². The number of urea groups is 1. The molecule has 124 valence electrons. The summed E-state index contributed by atoms with van der Waals surface area (Å²) in [7, 11) is 0. The van der Waals surface area contributed by atoms with E-state index in [1.165, 1.54) is 19.1 Å². The number of carbonyl (C=O) groups is 2. The average Bonchev–Trinajstić information content (AvgIpc) is 2.55. The van der Waals surface area contributed by atoms with Crippen LogP contribution in [0.2, 0.25) is 0 Å². The maximum atomic E-state index is 11.9. The van der Waals surface area contributed by atoms with Gasteiger partial charge in [0.15, 0.2) is 0 Å². The molecule has 9 heteroatoms. The van der Waals surface area contributed by atoms with Crippen molar-refractivity contribution in [3.05, 3.63) is 34.4 Å². The molecule has 23 heavy (non-hydrogen) atoms. The number of nitro benzene ring substituents is 1. The first-order valence-corrected chi connectivity index (χ1v) is 7.16. The zero-order valence-electron chi connectivity index (χ0n) is 12.6. The molecule has 0 saturated carbocycles. The van der Waals surface area contributed by atoms with Gasteiger partial charge in [-0.2, -0.15) is 0 Å². The Hall–Kier alpha value is -2.84. The molecule has 0 aromatic heterocycles. The number of carboxylic acids is 1. The van der Waals surface area contributed by atoms with Gasteiger partial charge < -0.3 is 20.2 Å². The standard InChI is InChI=1S/C14H18N4O5/c1-10(13(19)20)15-14(21)17-8-6-16(7-9-17)11-2-4-12(5-3-11)18(22)23/h2-5,10H,6-9H2,1H3,(H,15,21)(H,19,20). The van der Waals surface area contributed by atoms with Gasteiger partial charge in [-0.3, -0.25) is 14.9 Å². The third kappa shape index (κ3) is 4.09. The predicted molar refractivity (Wildman–Crippen MR) is 82.5 cm³/mol. The van der Waals surface area contributed by atoms with Gasteiger partial charge in [0, 0.05) is 44.0 Å². The Morgan fingerprint density at radius 2 is 1.78 bits per heavy atom. The van der Waals surface area contributed by atoms with Crippen LogP contribution in [-0.4, -0.2) is 59.2 Å². The maximum Gasteiger partial charge on any atom is 0.325 e. The summed E-state index contributed by atoms with van der Waals surface area (Å²) < 4.78 is 0. The number of aliphatic carboxylic acids is 1. The van der Waals surface area contributed by atoms with Gasteiger partial charge in [0.1, 0.15) is 6.04 Å². The summed E-state index contributed by atoms with van der Waals surface area (Å²) in [6.45, 7) is 3.47. The first-order valence-electron chi connectivity index (χ1n) is 7.16. The molecule has 1 aromatic rings. The van der Waals surface area contributed by atoms with Gasteiger partial charge >= 0.3 is 12.0 Å². The van der Waals surface area contributed by atoms with Crippen molar-refractivity contribution in [1.29, 1.82) is 0 Å². The average molecular weight is 322 g/mol. The van der Waals surface area contributed by atoms with Crippen LogP contribution in [0.5, 0.6) is 0 Å². The summed E-state index contributed by atoms with van der Waals surface area (Å²) in [4.78, 5) is 36.4. The Labute approximate surface area is 132 Å². The molecule has 2 rings (SSSR count). The minimum atomic E-state index is -1.08. The molecule has 0 aliphatic carbocycles. The molecule has 1 saturated heterocycles. The molecular formula is C14H18N4O5. The molecule has 0 bridgehead atoms. The smallest absolute Gasteiger partial charge is 0.325 e. The van der Waals surface area contributed by atoms with E-state index in [0.29, 0.717) is 26.2 Å². The molecule has 1 aromatic carbocycles. The quantitative estimate of drug-likeness (QED) is 0.628. The zero-order chi connectivity index (χ0) is 17.0. The van der Waals surface area contributed by atoms with Gasteiger partial charge in [-0.1, -0.05) is 0 Å². The second-order valence-corrected chi connectivity index (χ2v) is 5.26. The Balaban J connectivity index is 1.89. The van der Waals surface area contributed by atoms with E-state index in [9.17, 15) is 19.7 Å². The normalized spacial score (nSPS) is 15.9. The van der Waals surface area contributed by atoms with Crippen molar-refractivity contribution in [2.75, 3.05) is 31.1 Å². The lowest BCUT2D eigenvalue weighted by Crippen LogP contribution is -2.54. The van der Waals surface area contributed by atoms with Crippen LogP contribution in [0.1, 0.15) is 6.92 Å². The summed E-state index contributed by atoms with van der Waals surface area (Å²) in [5.74, 6) is -1.08. The molecule has 0 radical (unpaired) electrons. The summed E-state index contributed by atoms with van der Waals surface area (Å²) in [6, 6.07) is 4.92. The van der Waals surface area contributed by atoms with E-state index in [0.717, 1.165) is 5.69 Å². The first kappa shape index (κ1) is 16.5. The van der Waals surface area contributed by atoms with Gasteiger partial charge in [-0.15, -0.1) is 0 Å². The molecule has 1 unspecified atom stereocenters. The Morgan fingerprint density at radius 3 is 2.26 bits per heavy atom. The van der Waals surface area contributed by atoms with Gasteiger partial charge in [-0.05, 0) is 19.1 Å². The minimum absolute atomic E-state index is 0.0365. The number of nitrogens with one attached hydrogen (secondary N) is 1. The number of piperazine rings is 1. The fourth-order valence-corrected chi connectivity index (χ4v) is 2.29. The van der Waals surface area contributed by atoms with Crippen LogP contribution >= 0.6 is 0 Å². The number of hydrogen-bond acceptors (Lipinski definition) is 5. The Kier molecular flexibility index (Phi) is 4.99. The molecule has 1 aliphatic heterocycles. The van der Waals surface area contributed by atoms with Crippen LogP contribution in [0, 0.1) is 10.1 Å². The lowest BCUT2D eigenvalue weighted by atomic mass is 10.2. The number of carboxylic acid groups (broad SMARTS) is 1. The first-order chi connectivity index (χ1) is 10.9. The van der Waals surface area contributed by atoms with Crippen molar-refractivity contribution < 1.29 is 19.6 Å². The Morgan fingerprint density at radius 1 is 1.22 bits per heavy atom. The highest BCUT2D eigenvalue weighted by atomic mass is 16.6. The highest BCUT2D eigenvalue weighted by Gasteiger charge is 2.24. The highest BCUT2D eigenvalue weighted by molar-refractivity contribution is 5.82. The monoisotopic (exact) mass is 322 g/mol. The lowest BCUT2D eigenvalue weighted by Gasteiger charge is -2.36. The molecule has 0 spiro atoms. The highest BCUT2D eigenvalue weighted by Crippen LogP contribution is 2.20. The molecule has 1 atom stereocenters. The minimum Gasteiger partial charge on any atom is -0.480 e. The second-order valence-electron chi connectivity index (χ2n) is 5.26. The topological polar surface area (TPSA) is 116 Å². The number of non-ortho nitro benzene ring substituents is 1. The van der Waals surface area contributed by atoms with Crippen molar-refractivity contribution in [2.45, 2.75) is 13.0 Å². The van der Waals surface area contributed by atoms with Crippen LogP contribution in [0.4, 0.5) is 16.2 Å². The van der Waals surface area contributed by atoms with E-state index in [4.69, 9.17) is 5.11 Å². The van der Waals surface area contributed by atoms with Crippen molar-refractivity contribution in [2.24, 2.45) is 0 Å². The van der Waals surface area contributed by atoms with E-state index in [1.807, 2.05) is 4.90 Å². The van der Waals surface area contributed by atoms with Crippen LogP contribution < -0.4 is 10.2 Å². The number of carbonyl (C=O) groups excluding carboxylic acids is 1. The number of amides is 2. The fourth-order valence-electron chi connectivity index (χ4n) is 2.29. The summed E-state index contributed by atoms with van der Waals surface area (Å²) in [5.41, 5.74) is 0.893. The van der Waals surface area contributed by atoms with Crippen LogP contribution in [0.25, 0.3) is 0 Å². The van der Waals surface area contributed by atoms with Gasteiger partial charge in [0.05, 0.1) is 4.92 Å². The molecule has 2 N–H and O–H groups in total. The zero-order valence-corrected chi connectivity index (χ0v) is 12.6. The van der Waals surface area contributed by atoms with Crippen molar-refractivity contribution in [1.82, 2.24) is 10.2 Å². The Bertz CT molecular complexity index is 596. The summed E-state index contributed by atoms with van der Waals surface area (Å²) in [5, 5.41) is 21.9. The van der Waals surface area contributed by atoms with Gasteiger partial charge in [0.2, 0.25) is 0 Å². The maximum absolute atomic E-state index is 11.9. The number of benzene rings is 1. The van der Waals surface area contributed by atoms with Gasteiger partial charge in [0.25, 0.3) is 5.69 Å². The summed E-state index contributed by atoms with van der Waals surface area (Å²) >= 11 is 0. The number of rotatable bonds is 4. The fraction of sp³-hybridized carbons (Fsp3) is 0.429. The molecule has 2 amide bonds. The lowest BCUT2D eigenvalue weighted by molar-refractivity contribution is -0.384. The van der Waals surface area contributed by atoms with Crippen molar-refractivity contribution >= 4 is 23.4 Å². The predicted octanol–water partition coefficient (Wildman–Crippen LogP) is 0.899. The molecule has 1 heterocycles. The van der Waals surface area contributed by atoms with E-state index < -0.39 is 23.0 Å². The van der Waals surface area contributed by atoms with E-state index >= 15 is 0 Å². The van der Waals surface area contributed by atoms with Crippen LogP contribution in [-0.2, 0) is 4.79 Å². The number of anilines is 1. The second kappa shape index (κ2) is 6.95. The number of nitrogens with zero attached hydrogens (tertiary/aromatic N) is 3. The summed E-state index contributed by atoms with van der Waals surface area (Å²) in [6.07, 6.45) is 0. The number of hydrogen-bond donors (Lipinski definition) is 2. The van der Waals surface area contributed by atoms with Gasteiger partial charge in [-0.25, -0.2) is 4.79 Å². The molecule has 1 aliphatic rings. The molecular weight excluding hydrogens is 304 g/mol. The largest absolute Gasteiger partial charge is 0.480 e. The van der Waals surface area contributed by atoms with E-state index in [-0.39, 0.29) is 5.69 Å². The third-order valence-electron chi connectivity index (χ3n) is 3.70. The van der Waals surface area contributed by atoms with Crippen LogP contribution in [0.15, 0.2) is 24.3 Å². The number of nitro groups is 1.